The summed E-state index contributed by atoms with van der Waals surface area (Å²) in [5, 5.41) is 19.8. The summed E-state index contributed by atoms with van der Waals surface area (Å²) in [5.41, 5.74) is 2.23. The Morgan fingerprint density at radius 2 is 1.77 bits per heavy atom. The van der Waals surface area contributed by atoms with Crippen LogP contribution in [0.5, 0.6) is 5.75 Å². The molecular formula is C20H14N3O2S+. The van der Waals surface area contributed by atoms with E-state index in [1.54, 1.807) is 0 Å². The van der Waals surface area contributed by atoms with E-state index < -0.39 is 5.56 Å². The number of aromatic nitrogens is 1. The number of hydrogen-bond donors (Lipinski definition) is 1. The van der Waals surface area contributed by atoms with Crippen LogP contribution in [0.1, 0.15) is 5.56 Å². The topological polar surface area (TPSA) is 70.4 Å². The van der Waals surface area contributed by atoms with Crippen molar-refractivity contribution in [1.82, 2.24) is 4.57 Å². The Morgan fingerprint density at radius 3 is 2.46 bits per heavy atom. The Bertz CT molecular complexity index is 1230. The van der Waals surface area contributed by atoms with Gasteiger partial charge in [-0.1, -0.05) is 48.5 Å². The van der Waals surface area contributed by atoms with Gasteiger partial charge >= 0.3 is 11.2 Å². The van der Waals surface area contributed by atoms with E-state index in [-0.39, 0.29) is 11.4 Å². The molecule has 26 heavy (non-hydrogen) atoms. The molecule has 2 heterocycles. The number of pyridine rings is 1. The van der Waals surface area contributed by atoms with Gasteiger partial charge in [0.25, 0.3) is 0 Å². The van der Waals surface area contributed by atoms with Gasteiger partial charge in [-0.2, -0.15) is 0 Å². The molecule has 2 aromatic carbocycles. The molecule has 4 aromatic rings. The summed E-state index contributed by atoms with van der Waals surface area (Å²) in [6.45, 7) is 1.90. The van der Waals surface area contributed by atoms with Crippen LogP contribution in [0.15, 0.2) is 65.5 Å². The third-order valence-electron chi connectivity index (χ3n) is 4.31. The predicted octanol–water partition coefficient (Wildman–Crippen LogP) is 5.22. The van der Waals surface area contributed by atoms with E-state index in [4.69, 9.17) is 0 Å². The van der Waals surface area contributed by atoms with Crippen molar-refractivity contribution in [3.63, 3.8) is 0 Å². The van der Waals surface area contributed by atoms with Gasteiger partial charge in [-0.15, -0.1) is 11.3 Å². The molecule has 0 fully saturated rings. The molecule has 0 spiro atoms. The van der Waals surface area contributed by atoms with E-state index >= 15 is 0 Å². The van der Waals surface area contributed by atoms with E-state index in [0.717, 1.165) is 16.0 Å². The van der Waals surface area contributed by atoms with Crippen LogP contribution in [-0.2, 0) is 0 Å². The lowest BCUT2D eigenvalue weighted by molar-refractivity contribution is 0.484. The normalized spacial score (nSPS) is 10.8. The number of thiophene rings is 1. The van der Waals surface area contributed by atoms with Crippen molar-refractivity contribution in [3.05, 3.63) is 81.6 Å². The summed E-state index contributed by atoms with van der Waals surface area (Å²) in [5.74, 6) is -0.301. The Hall–Kier alpha value is -3.43. The van der Waals surface area contributed by atoms with Crippen LogP contribution >= 0.6 is 11.3 Å². The maximum atomic E-state index is 12.9. The molecule has 2 aromatic heterocycles. The highest BCUT2D eigenvalue weighted by Crippen LogP contribution is 2.41. The zero-order chi connectivity index (χ0) is 18.3. The van der Waals surface area contributed by atoms with Crippen LogP contribution < -0.4 is 5.56 Å². The Labute approximate surface area is 153 Å². The third-order valence-corrected chi connectivity index (χ3v) is 5.49. The van der Waals surface area contributed by atoms with Crippen LogP contribution in [-0.4, -0.2) is 9.67 Å². The molecule has 0 atom stereocenters. The molecule has 1 N–H and O–H groups in total. The number of hydrogen-bond acceptors (Lipinski definition) is 4. The van der Waals surface area contributed by atoms with Crippen LogP contribution in [0, 0.1) is 12.3 Å². The fourth-order valence-electron chi connectivity index (χ4n) is 3.03. The minimum Gasteiger partial charge on any atom is -0.500 e. The van der Waals surface area contributed by atoms with Gasteiger partial charge in [0.1, 0.15) is 4.70 Å². The standard InChI is InChI=1S/C20H13N3O2S/c1-12-7-5-6-10-14(12)23-15-11-16(13-8-3-2-4-9-13)26-19(15)18(24)17(22-21)20(23)25/h2-11H,1H3/p+1. The van der Waals surface area contributed by atoms with Gasteiger partial charge < -0.3 is 5.11 Å². The molecule has 126 valence electrons. The first-order chi connectivity index (χ1) is 12.6. The number of aryl methyl sites for hydroxylation is 1. The molecule has 5 nitrogen and oxygen atoms in total. The molecule has 0 aliphatic rings. The number of rotatable bonds is 2. The first-order valence-corrected chi connectivity index (χ1v) is 8.81. The van der Waals surface area contributed by atoms with Crippen LogP contribution in [0.2, 0.25) is 0 Å². The first kappa shape index (κ1) is 16.1. The van der Waals surface area contributed by atoms with Gasteiger partial charge in [0.15, 0.2) is 4.98 Å². The molecule has 0 amide bonds. The lowest BCUT2D eigenvalue weighted by Gasteiger charge is -2.09. The van der Waals surface area contributed by atoms with E-state index in [1.165, 1.54) is 15.9 Å². The summed E-state index contributed by atoms with van der Waals surface area (Å²) in [7, 11) is 0. The number of diazo groups is 1. The van der Waals surface area contributed by atoms with Crippen molar-refractivity contribution in [1.29, 1.82) is 5.39 Å². The van der Waals surface area contributed by atoms with Gasteiger partial charge in [-0.05, 0) is 30.2 Å². The maximum absolute atomic E-state index is 12.9. The zero-order valence-corrected chi connectivity index (χ0v) is 14.7. The second kappa shape index (κ2) is 6.14. The number of benzene rings is 2. The number of para-hydroxylation sites is 1. The average Bonchev–Trinajstić information content (AvgIpc) is 3.10. The van der Waals surface area contributed by atoms with Crippen molar-refractivity contribution in [2.24, 2.45) is 0 Å². The number of nitrogens with zero attached hydrogens (tertiary/aromatic N) is 3. The van der Waals surface area contributed by atoms with E-state index in [0.29, 0.717) is 15.9 Å². The van der Waals surface area contributed by atoms with Gasteiger partial charge in [0, 0.05) is 4.88 Å². The Kier molecular flexibility index (Phi) is 3.79. The minimum atomic E-state index is -0.566. The van der Waals surface area contributed by atoms with Crippen molar-refractivity contribution in [3.8, 4) is 21.9 Å². The molecule has 0 saturated carbocycles. The van der Waals surface area contributed by atoms with Gasteiger partial charge in [0.2, 0.25) is 11.1 Å². The molecule has 0 radical (unpaired) electrons. The van der Waals surface area contributed by atoms with Crippen LogP contribution in [0.3, 0.4) is 0 Å². The number of fused-ring (bicyclic) bond motifs is 1. The first-order valence-electron chi connectivity index (χ1n) is 8.00. The number of aromatic hydroxyl groups is 1. The zero-order valence-electron chi connectivity index (χ0n) is 13.9. The van der Waals surface area contributed by atoms with Crippen LogP contribution in [0.4, 0.5) is 5.69 Å². The lowest BCUT2D eigenvalue weighted by atomic mass is 10.1. The van der Waals surface area contributed by atoms with Crippen molar-refractivity contribution in [2.45, 2.75) is 6.92 Å². The Morgan fingerprint density at radius 1 is 1.08 bits per heavy atom. The third kappa shape index (κ3) is 2.38. The van der Waals surface area contributed by atoms with Crippen LogP contribution in [0.25, 0.3) is 31.3 Å². The van der Waals surface area contributed by atoms with Crippen molar-refractivity contribution >= 4 is 27.2 Å². The van der Waals surface area contributed by atoms with Crippen molar-refractivity contribution in [2.75, 3.05) is 0 Å². The second-order valence-electron chi connectivity index (χ2n) is 5.92. The van der Waals surface area contributed by atoms with Crippen molar-refractivity contribution < 1.29 is 5.11 Å². The monoisotopic (exact) mass is 360 g/mol. The summed E-state index contributed by atoms with van der Waals surface area (Å²) >= 11 is 1.35. The van der Waals surface area contributed by atoms with E-state index in [9.17, 15) is 15.3 Å². The summed E-state index contributed by atoms with van der Waals surface area (Å²) < 4.78 is 1.99. The Balaban J connectivity index is 2.14. The highest BCUT2D eigenvalue weighted by atomic mass is 32.1. The fourth-order valence-corrected chi connectivity index (χ4v) is 4.12. The minimum absolute atomic E-state index is 0.301. The molecule has 6 heteroatoms. The van der Waals surface area contributed by atoms with E-state index in [1.807, 2.05) is 67.6 Å². The van der Waals surface area contributed by atoms with E-state index in [2.05, 4.69) is 4.98 Å². The second-order valence-corrected chi connectivity index (χ2v) is 6.97. The smallest absolute Gasteiger partial charge is 0.492 e. The highest BCUT2D eigenvalue weighted by molar-refractivity contribution is 7.22. The molecule has 0 saturated heterocycles. The molecule has 4 rings (SSSR count). The fraction of sp³-hybridized carbons (Fsp3) is 0.0500. The SMILES string of the molecule is Cc1ccccc1-n1c(=O)c([N+]#N)c(O)c2sc(-c3ccccc3)cc21. The largest absolute Gasteiger partial charge is 0.500 e. The van der Waals surface area contributed by atoms with Gasteiger partial charge in [-0.25, -0.2) is 0 Å². The summed E-state index contributed by atoms with van der Waals surface area (Å²) in [4.78, 5) is 16.8. The average molecular weight is 360 g/mol. The molecule has 0 unspecified atom stereocenters. The highest BCUT2D eigenvalue weighted by Gasteiger charge is 2.29. The summed E-state index contributed by atoms with van der Waals surface area (Å²) in [6, 6.07) is 19.1. The molecule has 0 bridgehead atoms. The van der Waals surface area contributed by atoms with Gasteiger partial charge in [0.05, 0.1) is 11.2 Å². The lowest BCUT2D eigenvalue weighted by Crippen LogP contribution is -2.18. The molecule has 0 aliphatic carbocycles. The molecular weight excluding hydrogens is 346 g/mol. The molecule has 0 aliphatic heterocycles. The van der Waals surface area contributed by atoms with Gasteiger partial charge in [-0.3, -0.25) is 9.36 Å². The predicted molar refractivity (Wildman–Crippen MR) is 104 cm³/mol. The quantitative estimate of drug-likeness (QED) is 0.498. The maximum Gasteiger partial charge on any atom is 0.492 e. The summed E-state index contributed by atoms with van der Waals surface area (Å²) in [6.07, 6.45) is 0.